The van der Waals surface area contributed by atoms with Gasteiger partial charge in [-0.3, -0.25) is 9.36 Å². The highest BCUT2D eigenvalue weighted by Crippen LogP contribution is 2.35. The lowest BCUT2D eigenvalue weighted by molar-refractivity contribution is 0.414. The van der Waals surface area contributed by atoms with Crippen LogP contribution in [0.5, 0.6) is 5.75 Å². The quantitative estimate of drug-likeness (QED) is 0.608. The number of hydrogen-bond donors (Lipinski definition) is 0. The highest BCUT2D eigenvalue weighted by molar-refractivity contribution is 8.00. The van der Waals surface area contributed by atoms with Crippen molar-refractivity contribution in [3.63, 3.8) is 0 Å². The molecule has 0 aliphatic carbocycles. The predicted octanol–water partition coefficient (Wildman–Crippen LogP) is 3.78. The fourth-order valence-electron chi connectivity index (χ4n) is 2.55. The first-order chi connectivity index (χ1) is 11.1. The predicted molar refractivity (Wildman–Crippen MR) is 96.4 cm³/mol. The molecule has 3 rings (SSSR count). The van der Waals surface area contributed by atoms with E-state index in [0.29, 0.717) is 5.25 Å². The van der Waals surface area contributed by atoms with Crippen molar-refractivity contribution in [2.24, 2.45) is 0 Å². The number of methoxy groups -OCH3 is 1. The van der Waals surface area contributed by atoms with Crippen LogP contribution in [0.2, 0.25) is 0 Å². The highest BCUT2D eigenvalue weighted by Gasteiger charge is 2.26. The molecule has 1 aromatic carbocycles. The normalized spacial score (nSPS) is 16.4. The fraction of sp³-hybridized carbons (Fsp3) is 0.412. The van der Waals surface area contributed by atoms with Gasteiger partial charge in [0.15, 0.2) is 5.16 Å². The Kier molecular flexibility index (Phi) is 5.02. The number of fused-ring (bicyclic) bond motifs is 1. The SMILES string of the molecule is CCCSc1nc2c(c(=O)n1-c1ccc(OC)cc1)S[C@H](C)C2. The van der Waals surface area contributed by atoms with Gasteiger partial charge in [-0.05, 0) is 30.7 Å². The summed E-state index contributed by atoms with van der Waals surface area (Å²) in [6.07, 6.45) is 1.92. The largest absolute Gasteiger partial charge is 0.497 e. The van der Waals surface area contributed by atoms with Crippen molar-refractivity contribution in [2.75, 3.05) is 12.9 Å². The Balaban J connectivity index is 2.12. The van der Waals surface area contributed by atoms with Crippen LogP contribution in [0.15, 0.2) is 39.1 Å². The molecule has 1 aliphatic heterocycles. The zero-order chi connectivity index (χ0) is 16.4. The van der Waals surface area contributed by atoms with Crippen molar-refractivity contribution >= 4 is 23.5 Å². The standard InChI is InChI=1S/C17H20N2O2S2/c1-4-9-22-17-18-14-10-11(2)23-15(14)16(20)19(17)12-5-7-13(21-3)8-6-12/h5-8,11H,4,9-10H2,1-3H3/t11-/m1/s1. The van der Waals surface area contributed by atoms with E-state index in [2.05, 4.69) is 13.8 Å². The van der Waals surface area contributed by atoms with Crippen LogP contribution in [0.4, 0.5) is 0 Å². The van der Waals surface area contributed by atoms with Gasteiger partial charge in [-0.15, -0.1) is 11.8 Å². The van der Waals surface area contributed by atoms with Gasteiger partial charge in [0, 0.05) is 17.4 Å². The van der Waals surface area contributed by atoms with Crippen LogP contribution < -0.4 is 10.3 Å². The molecule has 0 amide bonds. The van der Waals surface area contributed by atoms with Gasteiger partial charge in [-0.2, -0.15) is 0 Å². The van der Waals surface area contributed by atoms with Gasteiger partial charge in [0.25, 0.3) is 5.56 Å². The van der Waals surface area contributed by atoms with Gasteiger partial charge < -0.3 is 4.74 Å². The smallest absolute Gasteiger partial charge is 0.272 e. The number of nitrogens with zero attached hydrogens (tertiary/aromatic N) is 2. The van der Waals surface area contributed by atoms with E-state index in [9.17, 15) is 4.79 Å². The van der Waals surface area contributed by atoms with Crippen LogP contribution in [-0.2, 0) is 6.42 Å². The Morgan fingerprint density at radius 2 is 2.13 bits per heavy atom. The summed E-state index contributed by atoms with van der Waals surface area (Å²) in [5.41, 5.74) is 1.84. The second kappa shape index (κ2) is 7.01. The Bertz CT molecular complexity index is 756. The average molecular weight is 348 g/mol. The molecule has 0 N–H and O–H groups in total. The fourth-order valence-corrected chi connectivity index (χ4v) is 4.53. The zero-order valence-corrected chi connectivity index (χ0v) is 15.2. The van der Waals surface area contributed by atoms with Gasteiger partial charge in [0.05, 0.1) is 23.4 Å². The third-order valence-corrected chi connectivity index (χ3v) is 6.01. The molecule has 0 fully saturated rings. The maximum absolute atomic E-state index is 13.0. The van der Waals surface area contributed by atoms with Crippen molar-refractivity contribution in [1.29, 1.82) is 0 Å². The topological polar surface area (TPSA) is 44.1 Å². The van der Waals surface area contributed by atoms with Crippen LogP contribution in [0, 0.1) is 0 Å². The molecule has 1 aromatic heterocycles. The summed E-state index contributed by atoms with van der Waals surface area (Å²) in [4.78, 5) is 18.6. The van der Waals surface area contributed by atoms with Crippen LogP contribution in [0.1, 0.15) is 26.0 Å². The number of rotatable bonds is 5. The maximum atomic E-state index is 13.0. The summed E-state index contributed by atoms with van der Waals surface area (Å²) in [6.45, 7) is 4.27. The van der Waals surface area contributed by atoms with Crippen molar-refractivity contribution in [3.8, 4) is 11.4 Å². The van der Waals surface area contributed by atoms with E-state index in [0.717, 1.165) is 45.8 Å². The number of aromatic nitrogens is 2. The van der Waals surface area contributed by atoms with E-state index in [1.54, 1.807) is 35.2 Å². The first-order valence-corrected chi connectivity index (χ1v) is 9.60. The van der Waals surface area contributed by atoms with E-state index in [1.807, 2.05) is 24.3 Å². The van der Waals surface area contributed by atoms with E-state index < -0.39 is 0 Å². The summed E-state index contributed by atoms with van der Waals surface area (Å²) in [7, 11) is 1.64. The molecule has 0 bridgehead atoms. The summed E-state index contributed by atoms with van der Waals surface area (Å²) >= 11 is 3.28. The molecular weight excluding hydrogens is 328 g/mol. The number of benzene rings is 1. The molecule has 6 heteroatoms. The third kappa shape index (κ3) is 3.28. The molecule has 0 radical (unpaired) electrons. The second-order valence-corrected chi connectivity index (χ2v) is 8.00. The molecule has 0 unspecified atom stereocenters. The van der Waals surface area contributed by atoms with Crippen molar-refractivity contribution in [2.45, 2.75) is 42.0 Å². The minimum absolute atomic E-state index is 0.0492. The van der Waals surface area contributed by atoms with Crippen LogP contribution in [0.25, 0.3) is 5.69 Å². The number of ether oxygens (including phenoxy) is 1. The molecule has 0 saturated heterocycles. The minimum atomic E-state index is 0.0492. The Morgan fingerprint density at radius 3 is 2.78 bits per heavy atom. The van der Waals surface area contributed by atoms with E-state index in [-0.39, 0.29) is 5.56 Å². The maximum Gasteiger partial charge on any atom is 0.272 e. The van der Waals surface area contributed by atoms with Crippen molar-refractivity contribution < 1.29 is 4.74 Å². The van der Waals surface area contributed by atoms with E-state index in [4.69, 9.17) is 9.72 Å². The van der Waals surface area contributed by atoms with Crippen LogP contribution >= 0.6 is 23.5 Å². The number of thioether (sulfide) groups is 2. The molecule has 2 aromatic rings. The molecule has 0 saturated carbocycles. The monoisotopic (exact) mass is 348 g/mol. The first-order valence-electron chi connectivity index (χ1n) is 7.73. The van der Waals surface area contributed by atoms with Crippen molar-refractivity contribution in [3.05, 3.63) is 40.3 Å². The minimum Gasteiger partial charge on any atom is -0.497 e. The summed E-state index contributed by atoms with van der Waals surface area (Å²) in [6, 6.07) is 7.57. The van der Waals surface area contributed by atoms with Gasteiger partial charge in [-0.1, -0.05) is 25.6 Å². The van der Waals surface area contributed by atoms with Gasteiger partial charge in [0.1, 0.15) is 5.75 Å². The molecular formula is C17H20N2O2S2. The van der Waals surface area contributed by atoms with E-state index in [1.165, 1.54) is 0 Å². The zero-order valence-electron chi connectivity index (χ0n) is 13.5. The van der Waals surface area contributed by atoms with Gasteiger partial charge in [0.2, 0.25) is 0 Å². The highest BCUT2D eigenvalue weighted by atomic mass is 32.2. The average Bonchev–Trinajstić information content (AvgIpc) is 2.94. The summed E-state index contributed by atoms with van der Waals surface area (Å²) in [5.74, 6) is 1.73. The molecule has 0 spiro atoms. The Hall–Kier alpha value is -1.40. The lowest BCUT2D eigenvalue weighted by Gasteiger charge is -2.13. The second-order valence-electron chi connectivity index (χ2n) is 5.49. The lowest BCUT2D eigenvalue weighted by atomic mass is 10.2. The van der Waals surface area contributed by atoms with Crippen molar-refractivity contribution in [1.82, 2.24) is 9.55 Å². The molecule has 2 heterocycles. The van der Waals surface area contributed by atoms with Crippen LogP contribution in [-0.4, -0.2) is 27.7 Å². The van der Waals surface area contributed by atoms with Crippen LogP contribution in [0.3, 0.4) is 0 Å². The molecule has 1 aliphatic rings. The molecule has 1 atom stereocenters. The number of hydrogen-bond acceptors (Lipinski definition) is 5. The first kappa shape index (κ1) is 16.5. The summed E-state index contributed by atoms with van der Waals surface area (Å²) in [5, 5.41) is 1.21. The Labute approximate surface area is 144 Å². The molecule has 122 valence electrons. The molecule has 23 heavy (non-hydrogen) atoms. The molecule has 4 nitrogen and oxygen atoms in total. The lowest BCUT2D eigenvalue weighted by Crippen LogP contribution is -2.23. The Morgan fingerprint density at radius 1 is 1.39 bits per heavy atom. The van der Waals surface area contributed by atoms with E-state index >= 15 is 0 Å². The summed E-state index contributed by atoms with van der Waals surface area (Å²) < 4.78 is 6.95. The van der Waals surface area contributed by atoms with Gasteiger partial charge in [-0.25, -0.2) is 4.98 Å². The third-order valence-electron chi connectivity index (χ3n) is 3.65. The van der Waals surface area contributed by atoms with Gasteiger partial charge >= 0.3 is 0 Å².